The highest BCUT2D eigenvalue weighted by Crippen LogP contribution is 2.28. The van der Waals surface area contributed by atoms with Gasteiger partial charge in [-0.2, -0.15) is 0 Å². The van der Waals surface area contributed by atoms with E-state index in [4.69, 9.17) is 9.72 Å². The normalized spacial score (nSPS) is 17.6. The van der Waals surface area contributed by atoms with E-state index in [9.17, 15) is 9.59 Å². The Morgan fingerprint density at radius 3 is 2.60 bits per heavy atom. The second-order valence-corrected chi connectivity index (χ2v) is 9.17. The number of ether oxygens (including phenoxy) is 1. The van der Waals surface area contributed by atoms with Crippen LogP contribution in [0.25, 0.3) is 22.6 Å². The van der Waals surface area contributed by atoms with Crippen LogP contribution in [0.2, 0.25) is 0 Å². The number of hydrogen-bond acceptors (Lipinski definition) is 6. The van der Waals surface area contributed by atoms with Crippen LogP contribution in [-0.4, -0.2) is 71.6 Å². The van der Waals surface area contributed by atoms with Gasteiger partial charge in [-0.05, 0) is 67.9 Å². The average Bonchev–Trinajstić information content (AvgIpc) is 3.24. The number of allylic oxidation sites excluding steroid dienone is 1. The second kappa shape index (κ2) is 10.0. The summed E-state index contributed by atoms with van der Waals surface area (Å²) in [6.07, 6.45) is 2.83. The number of nitrogens with one attached hydrogen (secondary N) is 1. The van der Waals surface area contributed by atoms with Gasteiger partial charge in [0, 0.05) is 38.4 Å². The molecule has 0 saturated carbocycles. The van der Waals surface area contributed by atoms with Crippen molar-refractivity contribution in [3.63, 3.8) is 0 Å². The number of likely N-dealkylation sites (N-methyl/N-ethyl adjacent to an activating group) is 1. The summed E-state index contributed by atoms with van der Waals surface area (Å²) in [6.45, 7) is 7.27. The van der Waals surface area contributed by atoms with E-state index in [0.717, 1.165) is 49.5 Å². The fourth-order valence-electron chi connectivity index (χ4n) is 4.67. The minimum absolute atomic E-state index is 0.0459. The van der Waals surface area contributed by atoms with Gasteiger partial charge in [0.1, 0.15) is 11.6 Å². The topological polar surface area (TPSA) is 79.7 Å². The molecule has 0 unspecified atom stereocenters. The van der Waals surface area contributed by atoms with E-state index in [-0.39, 0.29) is 11.5 Å². The Bertz CT molecular complexity index is 1320. The Kier molecular flexibility index (Phi) is 6.66. The van der Waals surface area contributed by atoms with Crippen molar-refractivity contribution in [2.45, 2.75) is 19.9 Å². The van der Waals surface area contributed by atoms with Crippen molar-refractivity contribution in [2.24, 2.45) is 0 Å². The largest absolute Gasteiger partial charge is 0.494 e. The van der Waals surface area contributed by atoms with Gasteiger partial charge in [-0.1, -0.05) is 12.1 Å². The van der Waals surface area contributed by atoms with E-state index in [1.54, 1.807) is 22.8 Å². The first-order chi connectivity index (χ1) is 17.0. The zero-order chi connectivity index (χ0) is 24.4. The number of aromatic nitrogens is 2. The van der Waals surface area contributed by atoms with Gasteiger partial charge >= 0.3 is 0 Å². The molecule has 2 aromatic carbocycles. The standard InChI is InChI=1S/C27H31N5O3/c1-3-35-22-7-4-19(5-8-22)16-20-10-11-32-26(20)29-24-17-21(6-9-23(24)27(32)34)28-25(33)18-31-14-12-30(2)13-15-31/h4-9,16-17H,3,10-15,18H2,1-2H3,(H,28,33). The molecule has 3 heterocycles. The molecule has 0 spiro atoms. The van der Waals surface area contributed by atoms with E-state index in [0.29, 0.717) is 42.1 Å². The second-order valence-electron chi connectivity index (χ2n) is 9.17. The smallest absolute Gasteiger partial charge is 0.261 e. The van der Waals surface area contributed by atoms with Gasteiger partial charge in [0.2, 0.25) is 5.91 Å². The summed E-state index contributed by atoms with van der Waals surface area (Å²) < 4.78 is 7.27. The highest BCUT2D eigenvalue weighted by Gasteiger charge is 2.21. The lowest BCUT2D eigenvalue weighted by Crippen LogP contribution is -2.47. The van der Waals surface area contributed by atoms with E-state index in [1.165, 1.54) is 0 Å². The molecule has 5 rings (SSSR count). The first-order valence-electron chi connectivity index (χ1n) is 12.2. The molecule has 3 aromatic rings. The number of anilines is 1. The number of hydrogen-bond donors (Lipinski definition) is 1. The number of piperazine rings is 1. The summed E-state index contributed by atoms with van der Waals surface area (Å²) in [5.74, 6) is 1.48. The van der Waals surface area contributed by atoms with Crippen LogP contribution < -0.4 is 15.6 Å². The van der Waals surface area contributed by atoms with Gasteiger partial charge in [0.05, 0.1) is 24.1 Å². The summed E-state index contributed by atoms with van der Waals surface area (Å²) in [5.41, 5.74) is 3.27. The summed E-state index contributed by atoms with van der Waals surface area (Å²) in [6, 6.07) is 13.3. The molecule has 2 aliphatic rings. The lowest BCUT2D eigenvalue weighted by Gasteiger charge is -2.31. The Morgan fingerprint density at radius 1 is 1.09 bits per heavy atom. The Labute approximate surface area is 204 Å². The third-order valence-electron chi connectivity index (χ3n) is 6.63. The lowest BCUT2D eigenvalue weighted by molar-refractivity contribution is -0.117. The average molecular weight is 474 g/mol. The fraction of sp³-hybridized carbons (Fsp3) is 0.370. The third kappa shape index (κ3) is 5.13. The van der Waals surface area contributed by atoms with Crippen LogP contribution in [0.1, 0.15) is 24.7 Å². The molecular weight excluding hydrogens is 442 g/mol. The van der Waals surface area contributed by atoms with Crippen molar-refractivity contribution < 1.29 is 9.53 Å². The summed E-state index contributed by atoms with van der Waals surface area (Å²) in [5, 5.41) is 3.54. The van der Waals surface area contributed by atoms with Crippen molar-refractivity contribution >= 4 is 34.1 Å². The number of amides is 1. The zero-order valence-corrected chi connectivity index (χ0v) is 20.3. The predicted octanol–water partition coefficient (Wildman–Crippen LogP) is 2.93. The van der Waals surface area contributed by atoms with Crippen molar-refractivity contribution in [1.29, 1.82) is 0 Å². The van der Waals surface area contributed by atoms with Crippen molar-refractivity contribution in [3.8, 4) is 5.75 Å². The molecule has 182 valence electrons. The predicted molar refractivity (Wildman–Crippen MR) is 139 cm³/mol. The monoisotopic (exact) mass is 473 g/mol. The number of benzene rings is 2. The quantitative estimate of drug-likeness (QED) is 0.593. The van der Waals surface area contributed by atoms with Gasteiger partial charge in [-0.3, -0.25) is 19.1 Å². The molecule has 1 N–H and O–H groups in total. The van der Waals surface area contributed by atoms with Gasteiger partial charge < -0.3 is 15.0 Å². The minimum Gasteiger partial charge on any atom is -0.494 e. The molecule has 1 saturated heterocycles. The first-order valence-corrected chi connectivity index (χ1v) is 12.2. The molecule has 8 nitrogen and oxygen atoms in total. The van der Waals surface area contributed by atoms with Crippen molar-refractivity contribution in [3.05, 3.63) is 64.2 Å². The SMILES string of the molecule is CCOc1ccc(C=C2CCn3c2nc2cc(NC(=O)CN4CCN(C)CC4)ccc2c3=O)cc1. The van der Waals surface area contributed by atoms with Gasteiger partial charge in [0.25, 0.3) is 5.56 Å². The molecule has 1 amide bonds. The molecule has 1 fully saturated rings. The van der Waals surface area contributed by atoms with Crippen molar-refractivity contribution in [1.82, 2.24) is 19.4 Å². The van der Waals surface area contributed by atoms with Crippen LogP contribution in [0.4, 0.5) is 5.69 Å². The fourth-order valence-corrected chi connectivity index (χ4v) is 4.67. The molecule has 0 radical (unpaired) electrons. The molecule has 35 heavy (non-hydrogen) atoms. The Hall–Kier alpha value is -3.49. The van der Waals surface area contributed by atoms with Gasteiger partial charge in [-0.25, -0.2) is 4.98 Å². The number of fused-ring (bicyclic) bond motifs is 2. The zero-order valence-electron chi connectivity index (χ0n) is 20.3. The molecular formula is C27H31N5O3. The molecule has 2 aliphatic heterocycles. The summed E-state index contributed by atoms with van der Waals surface area (Å²) in [4.78, 5) is 35.0. The van der Waals surface area contributed by atoms with Crippen LogP contribution in [0.3, 0.4) is 0 Å². The maximum absolute atomic E-state index is 13.1. The maximum atomic E-state index is 13.1. The van der Waals surface area contributed by atoms with Gasteiger partial charge in [-0.15, -0.1) is 0 Å². The maximum Gasteiger partial charge on any atom is 0.261 e. The van der Waals surface area contributed by atoms with E-state index in [2.05, 4.69) is 28.2 Å². The van der Waals surface area contributed by atoms with Crippen LogP contribution in [0.5, 0.6) is 5.75 Å². The molecule has 1 aromatic heterocycles. The van der Waals surface area contributed by atoms with E-state index >= 15 is 0 Å². The highest BCUT2D eigenvalue weighted by atomic mass is 16.5. The summed E-state index contributed by atoms with van der Waals surface area (Å²) >= 11 is 0. The van der Waals surface area contributed by atoms with Crippen LogP contribution in [0, 0.1) is 0 Å². The van der Waals surface area contributed by atoms with Crippen LogP contribution in [0.15, 0.2) is 47.3 Å². The van der Waals surface area contributed by atoms with Crippen molar-refractivity contribution in [2.75, 3.05) is 51.7 Å². The molecule has 0 atom stereocenters. The Morgan fingerprint density at radius 2 is 1.86 bits per heavy atom. The van der Waals surface area contributed by atoms with E-state index < -0.39 is 0 Å². The molecule has 0 bridgehead atoms. The van der Waals surface area contributed by atoms with Crippen LogP contribution in [-0.2, 0) is 11.3 Å². The number of carbonyl (C=O) groups is 1. The Balaban J connectivity index is 1.37. The lowest BCUT2D eigenvalue weighted by atomic mass is 10.1. The van der Waals surface area contributed by atoms with E-state index in [1.807, 2.05) is 31.2 Å². The number of rotatable bonds is 6. The third-order valence-corrected chi connectivity index (χ3v) is 6.63. The minimum atomic E-state index is -0.0529. The van der Waals surface area contributed by atoms with Crippen LogP contribution >= 0.6 is 0 Å². The van der Waals surface area contributed by atoms with Gasteiger partial charge in [0.15, 0.2) is 0 Å². The first kappa shape index (κ1) is 23.3. The molecule has 8 heteroatoms. The number of carbonyl (C=O) groups excluding carboxylic acids is 1. The summed E-state index contributed by atoms with van der Waals surface area (Å²) in [7, 11) is 2.09. The number of nitrogens with zero attached hydrogens (tertiary/aromatic N) is 4. The highest BCUT2D eigenvalue weighted by molar-refractivity contribution is 5.95. The molecule has 0 aliphatic carbocycles.